The van der Waals surface area contributed by atoms with Crippen LogP contribution in [-0.4, -0.2) is 47.7 Å². The monoisotopic (exact) mass is 376 g/mol. The molecule has 0 radical (unpaired) electrons. The van der Waals surface area contributed by atoms with E-state index in [2.05, 4.69) is 21.9 Å². The number of carbonyl (C=O) groups is 1. The summed E-state index contributed by atoms with van der Waals surface area (Å²) in [6.45, 7) is 4.66. The zero-order valence-corrected chi connectivity index (χ0v) is 16.3. The molecule has 2 heterocycles. The molecule has 1 N–H and O–H groups in total. The summed E-state index contributed by atoms with van der Waals surface area (Å²) in [5.74, 6) is 0.340. The third kappa shape index (κ3) is 3.22. The van der Waals surface area contributed by atoms with Gasteiger partial charge < -0.3 is 14.9 Å². The van der Waals surface area contributed by atoms with Crippen molar-refractivity contribution in [3.05, 3.63) is 28.8 Å². The molecule has 1 amide bonds. The molecule has 0 unspecified atom stereocenters. The molecule has 5 heteroatoms. The van der Waals surface area contributed by atoms with Gasteiger partial charge in [0, 0.05) is 25.7 Å². The van der Waals surface area contributed by atoms with E-state index in [1.54, 1.807) is 0 Å². The van der Waals surface area contributed by atoms with Gasteiger partial charge in [-0.15, -0.1) is 0 Å². The lowest BCUT2D eigenvalue weighted by Crippen LogP contribution is -2.50. The smallest absolute Gasteiger partial charge is 0.230 e. The Morgan fingerprint density at radius 3 is 2.65 bits per heavy atom. The quantitative estimate of drug-likeness (QED) is 0.854. The number of hydrogen-bond acceptors (Lipinski definition) is 3. The summed E-state index contributed by atoms with van der Waals surface area (Å²) in [7, 11) is 0. The molecule has 26 heavy (non-hydrogen) atoms. The number of aryl methyl sites for hydroxylation is 1. The van der Waals surface area contributed by atoms with Crippen LogP contribution in [0, 0.1) is 12.3 Å². The summed E-state index contributed by atoms with van der Waals surface area (Å²) in [6, 6.07) is 6.52. The van der Waals surface area contributed by atoms with Crippen LogP contribution in [0.3, 0.4) is 0 Å². The number of hydrogen-bond donors (Lipinski definition) is 1. The minimum Gasteiger partial charge on any atom is -0.393 e. The predicted molar refractivity (Wildman–Crippen MR) is 105 cm³/mol. The predicted octanol–water partition coefficient (Wildman–Crippen LogP) is 3.77. The molecule has 3 aliphatic rings. The van der Waals surface area contributed by atoms with E-state index in [9.17, 15) is 9.90 Å². The van der Waals surface area contributed by atoms with Gasteiger partial charge in [-0.05, 0) is 69.6 Å². The van der Waals surface area contributed by atoms with E-state index in [0.717, 1.165) is 80.9 Å². The van der Waals surface area contributed by atoms with E-state index >= 15 is 0 Å². The lowest BCUT2D eigenvalue weighted by atomic mass is 9.78. The number of amides is 1. The molecule has 4 nitrogen and oxygen atoms in total. The average molecular weight is 377 g/mol. The number of aliphatic hydroxyl groups excluding tert-OH is 1. The van der Waals surface area contributed by atoms with Crippen LogP contribution in [0.15, 0.2) is 18.2 Å². The summed E-state index contributed by atoms with van der Waals surface area (Å²) in [5.41, 5.74) is 1.97. The molecule has 2 aliphatic heterocycles. The maximum absolute atomic E-state index is 13.4. The van der Waals surface area contributed by atoms with E-state index < -0.39 is 0 Å². The Bertz CT molecular complexity index is 687. The summed E-state index contributed by atoms with van der Waals surface area (Å²) < 4.78 is 0. The number of rotatable bonds is 2. The van der Waals surface area contributed by atoms with Gasteiger partial charge in [0.25, 0.3) is 0 Å². The van der Waals surface area contributed by atoms with Crippen LogP contribution in [0.1, 0.15) is 50.5 Å². The average Bonchev–Trinajstić information content (AvgIpc) is 2.92. The normalized spacial score (nSPS) is 32.5. The van der Waals surface area contributed by atoms with E-state index in [1.165, 1.54) is 0 Å². The van der Waals surface area contributed by atoms with Crippen molar-refractivity contribution in [3.8, 4) is 0 Å². The van der Waals surface area contributed by atoms with Crippen molar-refractivity contribution >= 4 is 23.2 Å². The van der Waals surface area contributed by atoms with Crippen molar-refractivity contribution in [1.29, 1.82) is 0 Å². The fourth-order valence-electron chi connectivity index (χ4n) is 5.15. The largest absolute Gasteiger partial charge is 0.393 e. The zero-order chi connectivity index (χ0) is 18.3. The highest BCUT2D eigenvalue weighted by atomic mass is 35.5. The van der Waals surface area contributed by atoms with E-state index in [4.69, 9.17) is 11.6 Å². The standard InChI is InChI=1S/C21H29ClN2O2/c1-15-3-8-19(18(22)13-15)23-11-2-9-21(14-23)10-12-24(20(21)26)16-4-6-17(25)7-5-16/h3,8,13,16-17,25H,2,4-7,9-12,14H2,1H3/t16?,17?,21-/m1/s1. The Kier molecular flexibility index (Phi) is 4.91. The van der Waals surface area contributed by atoms with Crippen LogP contribution >= 0.6 is 11.6 Å². The minimum atomic E-state index is -0.247. The highest BCUT2D eigenvalue weighted by Crippen LogP contribution is 2.44. The van der Waals surface area contributed by atoms with Gasteiger partial charge in [-0.3, -0.25) is 4.79 Å². The van der Waals surface area contributed by atoms with Crippen molar-refractivity contribution in [1.82, 2.24) is 4.90 Å². The molecule has 1 atom stereocenters. The third-order valence-electron chi connectivity index (χ3n) is 6.67. The topological polar surface area (TPSA) is 43.8 Å². The van der Waals surface area contributed by atoms with E-state index in [0.29, 0.717) is 11.9 Å². The first kappa shape index (κ1) is 18.1. The molecule has 1 aromatic rings. The Morgan fingerprint density at radius 2 is 1.92 bits per heavy atom. The number of anilines is 1. The summed E-state index contributed by atoms with van der Waals surface area (Å²) >= 11 is 6.50. The first-order valence-electron chi connectivity index (χ1n) is 9.99. The SMILES string of the molecule is Cc1ccc(N2CCC[C@@]3(CCN(C4CCC(O)CC4)C3=O)C2)c(Cl)c1. The highest BCUT2D eigenvalue weighted by molar-refractivity contribution is 6.33. The molecule has 0 bridgehead atoms. The molecule has 1 aliphatic carbocycles. The fraction of sp³-hybridized carbons (Fsp3) is 0.667. The Morgan fingerprint density at radius 1 is 1.15 bits per heavy atom. The second kappa shape index (κ2) is 7.05. The summed E-state index contributed by atoms with van der Waals surface area (Å²) in [4.78, 5) is 17.8. The van der Waals surface area contributed by atoms with Gasteiger partial charge in [-0.2, -0.15) is 0 Å². The van der Waals surface area contributed by atoms with Crippen LogP contribution in [-0.2, 0) is 4.79 Å². The number of benzene rings is 1. The number of piperidine rings is 1. The maximum Gasteiger partial charge on any atom is 0.230 e. The second-order valence-electron chi connectivity index (χ2n) is 8.47. The van der Waals surface area contributed by atoms with Crippen molar-refractivity contribution in [2.45, 2.75) is 64.0 Å². The van der Waals surface area contributed by atoms with Crippen LogP contribution in [0.5, 0.6) is 0 Å². The summed E-state index contributed by atoms with van der Waals surface area (Å²) in [6.07, 6.45) is 6.33. The lowest BCUT2D eigenvalue weighted by molar-refractivity contribution is -0.139. The van der Waals surface area contributed by atoms with Crippen LogP contribution in [0.25, 0.3) is 0 Å². The van der Waals surface area contributed by atoms with Crippen LogP contribution < -0.4 is 4.90 Å². The number of nitrogens with zero attached hydrogens (tertiary/aromatic N) is 2. The molecule has 1 aromatic carbocycles. The van der Waals surface area contributed by atoms with Crippen molar-refractivity contribution in [2.24, 2.45) is 5.41 Å². The number of carbonyl (C=O) groups excluding carboxylic acids is 1. The second-order valence-corrected chi connectivity index (χ2v) is 8.88. The molecular weight excluding hydrogens is 348 g/mol. The van der Waals surface area contributed by atoms with Gasteiger partial charge in [0.05, 0.1) is 22.2 Å². The number of halogens is 1. The number of likely N-dealkylation sites (tertiary alicyclic amines) is 1. The Labute approximate surface area is 161 Å². The maximum atomic E-state index is 13.4. The van der Waals surface area contributed by atoms with Gasteiger partial charge in [0.15, 0.2) is 0 Å². The van der Waals surface area contributed by atoms with Gasteiger partial charge in [-0.1, -0.05) is 17.7 Å². The van der Waals surface area contributed by atoms with E-state index in [1.807, 2.05) is 13.0 Å². The molecule has 142 valence electrons. The molecule has 2 saturated heterocycles. The van der Waals surface area contributed by atoms with E-state index in [-0.39, 0.29) is 11.5 Å². The molecule has 1 spiro atoms. The molecule has 1 saturated carbocycles. The molecular formula is C21H29ClN2O2. The first-order valence-corrected chi connectivity index (χ1v) is 10.4. The van der Waals surface area contributed by atoms with Gasteiger partial charge in [0.1, 0.15) is 0 Å². The Balaban J connectivity index is 1.50. The first-order chi connectivity index (χ1) is 12.5. The highest BCUT2D eigenvalue weighted by Gasteiger charge is 2.50. The molecule has 0 aromatic heterocycles. The van der Waals surface area contributed by atoms with Crippen LogP contribution in [0.4, 0.5) is 5.69 Å². The molecule has 4 rings (SSSR count). The van der Waals surface area contributed by atoms with Gasteiger partial charge >= 0.3 is 0 Å². The zero-order valence-electron chi connectivity index (χ0n) is 15.6. The van der Waals surface area contributed by atoms with Gasteiger partial charge in [-0.25, -0.2) is 0 Å². The van der Waals surface area contributed by atoms with Gasteiger partial charge in [0.2, 0.25) is 5.91 Å². The number of aliphatic hydroxyl groups is 1. The van der Waals surface area contributed by atoms with Crippen molar-refractivity contribution < 1.29 is 9.90 Å². The third-order valence-corrected chi connectivity index (χ3v) is 6.98. The van der Waals surface area contributed by atoms with Crippen molar-refractivity contribution in [3.63, 3.8) is 0 Å². The summed E-state index contributed by atoms with van der Waals surface area (Å²) in [5, 5.41) is 10.5. The van der Waals surface area contributed by atoms with Crippen molar-refractivity contribution in [2.75, 3.05) is 24.5 Å². The molecule has 3 fully saturated rings. The Hall–Kier alpha value is -1.26. The van der Waals surface area contributed by atoms with Crippen LogP contribution in [0.2, 0.25) is 5.02 Å². The lowest BCUT2D eigenvalue weighted by Gasteiger charge is -2.41. The minimum absolute atomic E-state index is 0.174. The fourth-order valence-corrected chi connectivity index (χ4v) is 5.50.